The number of carbonyl (C=O) groups excluding carboxylic acids is 1. The second-order valence-electron chi connectivity index (χ2n) is 4.41. The summed E-state index contributed by atoms with van der Waals surface area (Å²) in [5, 5.41) is 2.66. The Morgan fingerprint density at radius 3 is 2.95 bits per heavy atom. The molecule has 0 unspecified atom stereocenters. The van der Waals surface area contributed by atoms with E-state index < -0.39 is 0 Å². The standard InChI is InChI=1S/C15H16FNO2S/c1-3-19-14(18)7-6-12-9-20-15(17-12)11-5-4-10(2)13(16)8-11/h4-5,8-9H,3,6-7H2,1-2H3. The van der Waals surface area contributed by atoms with Gasteiger partial charge in [-0.15, -0.1) is 11.3 Å². The maximum Gasteiger partial charge on any atom is 0.306 e. The van der Waals surface area contributed by atoms with Gasteiger partial charge in [-0.05, 0) is 25.5 Å². The molecule has 0 aliphatic carbocycles. The van der Waals surface area contributed by atoms with Gasteiger partial charge in [-0.1, -0.05) is 12.1 Å². The molecule has 1 aromatic carbocycles. The van der Waals surface area contributed by atoms with Crippen LogP contribution in [0.3, 0.4) is 0 Å². The molecule has 0 amide bonds. The second kappa shape index (κ2) is 6.61. The molecular weight excluding hydrogens is 277 g/mol. The van der Waals surface area contributed by atoms with Crippen LogP contribution in [-0.4, -0.2) is 17.6 Å². The van der Waals surface area contributed by atoms with Gasteiger partial charge < -0.3 is 4.74 Å². The highest BCUT2D eigenvalue weighted by molar-refractivity contribution is 7.13. The Morgan fingerprint density at radius 2 is 2.25 bits per heavy atom. The van der Waals surface area contributed by atoms with Crippen LogP contribution in [0, 0.1) is 12.7 Å². The molecule has 0 spiro atoms. The first-order chi connectivity index (χ1) is 9.60. The molecule has 106 valence electrons. The normalized spacial score (nSPS) is 10.6. The Morgan fingerprint density at radius 1 is 1.45 bits per heavy atom. The van der Waals surface area contributed by atoms with Crippen molar-refractivity contribution < 1.29 is 13.9 Å². The van der Waals surface area contributed by atoms with Crippen LogP contribution in [0.2, 0.25) is 0 Å². The molecule has 2 aromatic rings. The van der Waals surface area contributed by atoms with E-state index in [0.29, 0.717) is 25.0 Å². The maximum absolute atomic E-state index is 13.5. The van der Waals surface area contributed by atoms with Crippen LogP contribution in [0.25, 0.3) is 10.6 Å². The molecule has 2 rings (SSSR count). The van der Waals surface area contributed by atoms with Gasteiger partial charge in [-0.2, -0.15) is 0 Å². The summed E-state index contributed by atoms with van der Waals surface area (Å²) in [6.45, 7) is 3.90. The Balaban J connectivity index is 2.05. The number of nitrogens with zero attached hydrogens (tertiary/aromatic N) is 1. The van der Waals surface area contributed by atoms with E-state index in [-0.39, 0.29) is 11.8 Å². The first-order valence-corrected chi connectivity index (χ1v) is 7.34. The first-order valence-electron chi connectivity index (χ1n) is 6.46. The highest BCUT2D eigenvalue weighted by atomic mass is 32.1. The van der Waals surface area contributed by atoms with E-state index in [2.05, 4.69) is 4.98 Å². The zero-order chi connectivity index (χ0) is 14.5. The van der Waals surface area contributed by atoms with Crippen molar-refractivity contribution >= 4 is 17.3 Å². The molecule has 1 aromatic heterocycles. The van der Waals surface area contributed by atoms with E-state index in [0.717, 1.165) is 16.3 Å². The quantitative estimate of drug-likeness (QED) is 0.788. The molecule has 0 N–H and O–H groups in total. The fourth-order valence-electron chi connectivity index (χ4n) is 1.74. The molecule has 0 aliphatic rings. The SMILES string of the molecule is CCOC(=O)CCc1csc(-c2ccc(C)c(F)c2)n1. The number of aryl methyl sites for hydroxylation is 2. The lowest BCUT2D eigenvalue weighted by Crippen LogP contribution is -2.05. The van der Waals surface area contributed by atoms with Crippen molar-refractivity contribution in [3.8, 4) is 10.6 Å². The highest BCUT2D eigenvalue weighted by Crippen LogP contribution is 2.25. The Kier molecular flexibility index (Phi) is 4.84. The van der Waals surface area contributed by atoms with Crippen LogP contribution >= 0.6 is 11.3 Å². The van der Waals surface area contributed by atoms with Crippen molar-refractivity contribution in [1.29, 1.82) is 0 Å². The summed E-state index contributed by atoms with van der Waals surface area (Å²) in [4.78, 5) is 15.7. The molecule has 0 atom stereocenters. The number of esters is 1. The van der Waals surface area contributed by atoms with Crippen LogP contribution in [0.4, 0.5) is 4.39 Å². The van der Waals surface area contributed by atoms with E-state index in [1.807, 2.05) is 11.4 Å². The predicted molar refractivity (Wildman–Crippen MR) is 77.2 cm³/mol. The summed E-state index contributed by atoms with van der Waals surface area (Å²) in [7, 11) is 0. The van der Waals surface area contributed by atoms with Gasteiger partial charge in [0.15, 0.2) is 0 Å². The number of hydrogen-bond donors (Lipinski definition) is 0. The Hall–Kier alpha value is -1.75. The maximum atomic E-state index is 13.5. The fourth-order valence-corrected chi connectivity index (χ4v) is 2.59. The van der Waals surface area contributed by atoms with Crippen molar-refractivity contribution in [2.45, 2.75) is 26.7 Å². The Bertz CT molecular complexity index is 610. The summed E-state index contributed by atoms with van der Waals surface area (Å²) >= 11 is 1.45. The van der Waals surface area contributed by atoms with Crippen LogP contribution < -0.4 is 0 Å². The van der Waals surface area contributed by atoms with Crippen LogP contribution in [0.5, 0.6) is 0 Å². The molecule has 3 nitrogen and oxygen atoms in total. The minimum atomic E-state index is -0.231. The molecule has 0 bridgehead atoms. The molecule has 0 aliphatic heterocycles. The zero-order valence-electron chi connectivity index (χ0n) is 11.5. The number of aromatic nitrogens is 1. The van der Waals surface area contributed by atoms with Crippen molar-refractivity contribution in [3.05, 3.63) is 40.7 Å². The first kappa shape index (κ1) is 14.7. The van der Waals surface area contributed by atoms with Gasteiger partial charge in [0, 0.05) is 17.4 Å². The molecule has 0 saturated heterocycles. The van der Waals surface area contributed by atoms with Crippen molar-refractivity contribution in [3.63, 3.8) is 0 Å². The number of halogens is 1. The third-order valence-electron chi connectivity index (χ3n) is 2.86. The van der Waals surface area contributed by atoms with Crippen LogP contribution in [0.1, 0.15) is 24.6 Å². The Labute approximate surface area is 121 Å². The summed E-state index contributed by atoms with van der Waals surface area (Å²) in [5.41, 5.74) is 2.22. The number of rotatable bonds is 5. The summed E-state index contributed by atoms with van der Waals surface area (Å²) in [5.74, 6) is -0.450. The van der Waals surface area contributed by atoms with Crippen molar-refractivity contribution in [1.82, 2.24) is 4.98 Å². The van der Waals surface area contributed by atoms with E-state index in [1.54, 1.807) is 19.9 Å². The summed E-state index contributed by atoms with van der Waals surface area (Å²) in [6, 6.07) is 5.08. The van der Waals surface area contributed by atoms with Gasteiger partial charge >= 0.3 is 5.97 Å². The molecule has 0 fully saturated rings. The average Bonchev–Trinajstić information content (AvgIpc) is 2.89. The van der Waals surface area contributed by atoms with E-state index in [9.17, 15) is 9.18 Å². The summed E-state index contributed by atoms with van der Waals surface area (Å²) < 4.78 is 18.4. The lowest BCUT2D eigenvalue weighted by Gasteiger charge is -2.00. The zero-order valence-corrected chi connectivity index (χ0v) is 12.3. The van der Waals surface area contributed by atoms with Gasteiger partial charge in [0.2, 0.25) is 0 Å². The van der Waals surface area contributed by atoms with Gasteiger partial charge in [0.25, 0.3) is 0 Å². The van der Waals surface area contributed by atoms with E-state index in [1.165, 1.54) is 17.4 Å². The third-order valence-corrected chi connectivity index (χ3v) is 3.80. The topological polar surface area (TPSA) is 39.2 Å². The predicted octanol–water partition coefficient (Wildman–Crippen LogP) is 3.75. The lowest BCUT2D eigenvalue weighted by atomic mass is 10.1. The molecule has 0 radical (unpaired) electrons. The van der Waals surface area contributed by atoms with E-state index in [4.69, 9.17) is 4.74 Å². The molecular formula is C15H16FNO2S. The van der Waals surface area contributed by atoms with Crippen molar-refractivity contribution in [2.24, 2.45) is 0 Å². The highest BCUT2D eigenvalue weighted by Gasteiger charge is 2.09. The van der Waals surface area contributed by atoms with Crippen LogP contribution in [-0.2, 0) is 16.0 Å². The fraction of sp³-hybridized carbons (Fsp3) is 0.333. The van der Waals surface area contributed by atoms with Gasteiger partial charge in [-0.25, -0.2) is 9.37 Å². The second-order valence-corrected chi connectivity index (χ2v) is 5.27. The molecule has 1 heterocycles. The molecule has 0 saturated carbocycles. The molecule has 5 heteroatoms. The van der Waals surface area contributed by atoms with E-state index >= 15 is 0 Å². The van der Waals surface area contributed by atoms with Gasteiger partial charge in [0.05, 0.1) is 18.7 Å². The lowest BCUT2D eigenvalue weighted by molar-refractivity contribution is -0.143. The van der Waals surface area contributed by atoms with Gasteiger partial charge in [0.1, 0.15) is 10.8 Å². The number of thiazole rings is 1. The molecule has 20 heavy (non-hydrogen) atoms. The smallest absolute Gasteiger partial charge is 0.306 e. The monoisotopic (exact) mass is 293 g/mol. The minimum Gasteiger partial charge on any atom is -0.466 e. The number of benzene rings is 1. The largest absolute Gasteiger partial charge is 0.466 e. The average molecular weight is 293 g/mol. The third kappa shape index (κ3) is 3.63. The number of hydrogen-bond acceptors (Lipinski definition) is 4. The minimum absolute atomic E-state index is 0.219. The van der Waals surface area contributed by atoms with Crippen LogP contribution in [0.15, 0.2) is 23.6 Å². The number of ether oxygens (including phenoxy) is 1. The summed E-state index contributed by atoms with van der Waals surface area (Å²) in [6.07, 6.45) is 0.864. The van der Waals surface area contributed by atoms with Crippen molar-refractivity contribution in [2.75, 3.05) is 6.61 Å². The van der Waals surface area contributed by atoms with Gasteiger partial charge in [-0.3, -0.25) is 4.79 Å². The number of carbonyl (C=O) groups is 1.